The first kappa shape index (κ1) is 19.4. The third-order valence-electron chi connectivity index (χ3n) is 4.38. The van der Waals surface area contributed by atoms with Gasteiger partial charge in [0.1, 0.15) is 0 Å². The van der Waals surface area contributed by atoms with Crippen LogP contribution in [0.2, 0.25) is 0 Å². The van der Waals surface area contributed by atoms with Crippen LogP contribution in [0.25, 0.3) is 11.5 Å². The predicted octanol–water partition coefficient (Wildman–Crippen LogP) is 2.94. The third-order valence-corrected chi connectivity index (χ3v) is 5.19. The van der Waals surface area contributed by atoms with E-state index in [1.54, 1.807) is 11.8 Å². The predicted molar refractivity (Wildman–Crippen MR) is 101 cm³/mol. The Morgan fingerprint density at radius 3 is 3.00 bits per heavy atom. The van der Waals surface area contributed by atoms with Crippen molar-refractivity contribution in [2.24, 2.45) is 5.92 Å². The van der Waals surface area contributed by atoms with Crippen LogP contribution in [0.3, 0.4) is 0 Å². The lowest BCUT2D eigenvalue weighted by atomic mass is 9.98. The van der Waals surface area contributed by atoms with E-state index < -0.39 is 0 Å². The van der Waals surface area contributed by atoms with Crippen molar-refractivity contribution < 1.29 is 18.7 Å². The van der Waals surface area contributed by atoms with Crippen molar-refractivity contribution in [3.8, 4) is 11.5 Å². The van der Waals surface area contributed by atoms with Crippen molar-refractivity contribution in [3.63, 3.8) is 0 Å². The molecule has 1 aromatic heterocycles. The van der Waals surface area contributed by atoms with Crippen molar-refractivity contribution in [3.05, 3.63) is 29.8 Å². The number of aryl methyl sites for hydroxylation is 1. The second kappa shape index (κ2) is 9.03. The van der Waals surface area contributed by atoms with Crippen molar-refractivity contribution in [2.45, 2.75) is 31.9 Å². The molecule has 3 rings (SSSR count). The highest BCUT2D eigenvalue weighted by molar-refractivity contribution is 7.99. The van der Waals surface area contributed by atoms with Crippen LogP contribution in [-0.4, -0.2) is 52.4 Å². The van der Waals surface area contributed by atoms with Gasteiger partial charge in [0.05, 0.1) is 18.3 Å². The van der Waals surface area contributed by atoms with E-state index in [1.807, 2.05) is 31.2 Å². The van der Waals surface area contributed by atoms with Gasteiger partial charge in [-0.05, 0) is 38.8 Å². The maximum atomic E-state index is 12.5. The Kier molecular flexibility index (Phi) is 6.49. The number of benzene rings is 1. The topological polar surface area (TPSA) is 85.5 Å². The molecule has 0 aliphatic carbocycles. The number of piperidine rings is 1. The summed E-state index contributed by atoms with van der Waals surface area (Å²) in [5, 5.41) is 8.42. The standard InChI is InChI=1S/C19H23N3O4S/c1-3-25-18(24)15-8-5-9-22(11-15)16(23)12-27-19-21-20-17(26-19)14-7-4-6-13(2)10-14/h4,6-7,10,15H,3,5,8-9,11-12H2,1-2H3/t15-/m0/s1. The maximum absolute atomic E-state index is 12.5. The largest absolute Gasteiger partial charge is 0.466 e. The highest BCUT2D eigenvalue weighted by atomic mass is 32.2. The number of amides is 1. The molecule has 0 radical (unpaired) electrons. The van der Waals surface area contributed by atoms with Gasteiger partial charge in [0.2, 0.25) is 11.8 Å². The zero-order valence-corrected chi connectivity index (χ0v) is 16.3. The van der Waals surface area contributed by atoms with E-state index in [4.69, 9.17) is 9.15 Å². The number of thioether (sulfide) groups is 1. The average Bonchev–Trinajstić information content (AvgIpc) is 3.15. The van der Waals surface area contributed by atoms with Crippen LogP contribution in [0.1, 0.15) is 25.3 Å². The van der Waals surface area contributed by atoms with Crippen molar-refractivity contribution in [1.82, 2.24) is 15.1 Å². The normalized spacial score (nSPS) is 17.0. The minimum Gasteiger partial charge on any atom is -0.466 e. The van der Waals surface area contributed by atoms with Gasteiger partial charge in [-0.2, -0.15) is 0 Å². The summed E-state index contributed by atoms with van der Waals surface area (Å²) >= 11 is 1.21. The molecule has 0 spiro atoms. The highest BCUT2D eigenvalue weighted by Gasteiger charge is 2.29. The van der Waals surface area contributed by atoms with Crippen LogP contribution in [0.15, 0.2) is 33.9 Å². The number of ether oxygens (including phenoxy) is 1. The summed E-state index contributed by atoms with van der Waals surface area (Å²) < 4.78 is 10.7. The number of hydrogen-bond acceptors (Lipinski definition) is 7. The minimum atomic E-state index is -0.232. The van der Waals surface area contributed by atoms with E-state index in [0.717, 1.165) is 24.0 Å². The molecule has 2 aromatic rings. The minimum absolute atomic E-state index is 0.0377. The van der Waals surface area contributed by atoms with Gasteiger partial charge in [-0.3, -0.25) is 9.59 Å². The lowest BCUT2D eigenvalue weighted by Gasteiger charge is -2.31. The summed E-state index contributed by atoms with van der Waals surface area (Å²) in [6.07, 6.45) is 1.57. The molecule has 0 saturated carbocycles. The summed E-state index contributed by atoms with van der Waals surface area (Å²) in [6, 6.07) is 7.80. The molecule has 1 aliphatic rings. The fourth-order valence-corrected chi connectivity index (χ4v) is 3.70. The highest BCUT2D eigenvalue weighted by Crippen LogP contribution is 2.25. The van der Waals surface area contributed by atoms with Crippen molar-refractivity contribution in [2.75, 3.05) is 25.4 Å². The van der Waals surface area contributed by atoms with Gasteiger partial charge < -0.3 is 14.1 Å². The zero-order valence-electron chi connectivity index (χ0n) is 15.5. The van der Waals surface area contributed by atoms with E-state index >= 15 is 0 Å². The van der Waals surface area contributed by atoms with E-state index in [-0.39, 0.29) is 23.5 Å². The number of carbonyl (C=O) groups is 2. The lowest BCUT2D eigenvalue weighted by Crippen LogP contribution is -2.43. The zero-order chi connectivity index (χ0) is 19.2. The molecule has 0 bridgehead atoms. The number of rotatable bonds is 6. The summed E-state index contributed by atoms with van der Waals surface area (Å²) in [7, 11) is 0. The molecule has 144 valence electrons. The molecule has 2 heterocycles. The van der Waals surface area contributed by atoms with Gasteiger partial charge in [-0.25, -0.2) is 0 Å². The maximum Gasteiger partial charge on any atom is 0.310 e. The van der Waals surface area contributed by atoms with Gasteiger partial charge in [0.25, 0.3) is 5.22 Å². The molecular weight excluding hydrogens is 366 g/mol. The molecular formula is C19H23N3O4S. The lowest BCUT2D eigenvalue weighted by molar-refractivity contribution is -0.151. The number of likely N-dealkylation sites (tertiary alicyclic amines) is 1. The van der Waals surface area contributed by atoms with Crippen LogP contribution in [0.4, 0.5) is 0 Å². The third kappa shape index (κ3) is 5.09. The average molecular weight is 389 g/mol. The molecule has 27 heavy (non-hydrogen) atoms. The Morgan fingerprint density at radius 1 is 1.37 bits per heavy atom. The second-order valence-corrected chi connectivity index (χ2v) is 7.39. The second-order valence-electron chi connectivity index (χ2n) is 6.46. The molecule has 1 aliphatic heterocycles. The molecule has 0 N–H and O–H groups in total. The first-order valence-corrected chi connectivity index (χ1v) is 10.0. The van der Waals surface area contributed by atoms with Gasteiger partial charge >= 0.3 is 5.97 Å². The van der Waals surface area contributed by atoms with Crippen LogP contribution in [0.5, 0.6) is 0 Å². The summed E-state index contributed by atoms with van der Waals surface area (Å²) in [5.74, 6) is 0.148. The molecule has 8 heteroatoms. The summed E-state index contributed by atoms with van der Waals surface area (Å²) in [5.41, 5.74) is 1.96. The number of carbonyl (C=O) groups excluding carboxylic acids is 2. The Hall–Kier alpha value is -2.35. The number of nitrogens with zero attached hydrogens (tertiary/aromatic N) is 3. The molecule has 0 unspecified atom stereocenters. The van der Waals surface area contributed by atoms with Crippen LogP contribution >= 0.6 is 11.8 Å². The number of esters is 1. The van der Waals surface area contributed by atoms with Gasteiger partial charge in [0, 0.05) is 18.7 Å². The first-order valence-electron chi connectivity index (χ1n) is 9.04. The van der Waals surface area contributed by atoms with Gasteiger partial charge in [-0.1, -0.05) is 29.5 Å². The van der Waals surface area contributed by atoms with E-state index in [0.29, 0.717) is 30.8 Å². The molecule has 7 nitrogen and oxygen atoms in total. The molecule has 1 aromatic carbocycles. The summed E-state index contributed by atoms with van der Waals surface area (Å²) in [4.78, 5) is 26.1. The fourth-order valence-electron chi connectivity index (χ4n) is 3.03. The molecule has 1 atom stereocenters. The number of hydrogen-bond donors (Lipinski definition) is 0. The van der Waals surface area contributed by atoms with E-state index in [9.17, 15) is 9.59 Å². The van der Waals surface area contributed by atoms with Gasteiger partial charge in [0.15, 0.2) is 0 Å². The van der Waals surface area contributed by atoms with Gasteiger partial charge in [-0.15, -0.1) is 10.2 Å². The van der Waals surface area contributed by atoms with Crippen LogP contribution < -0.4 is 0 Å². The molecule has 1 fully saturated rings. The van der Waals surface area contributed by atoms with Crippen LogP contribution in [-0.2, 0) is 14.3 Å². The molecule has 1 amide bonds. The van der Waals surface area contributed by atoms with Crippen LogP contribution in [0, 0.1) is 12.8 Å². The Bertz CT molecular complexity index is 808. The Morgan fingerprint density at radius 2 is 2.22 bits per heavy atom. The number of aromatic nitrogens is 2. The Balaban J connectivity index is 1.54. The fraction of sp³-hybridized carbons (Fsp3) is 0.474. The Labute approximate surface area is 162 Å². The quantitative estimate of drug-likeness (QED) is 0.554. The van der Waals surface area contributed by atoms with E-state index in [1.165, 1.54) is 11.8 Å². The first-order chi connectivity index (χ1) is 13.1. The SMILES string of the molecule is CCOC(=O)[C@H]1CCCN(C(=O)CSc2nnc(-c3cccc(C)c3)o2)C1. The smallest absolute Gasteiger partial charge is 0.310 e. The van der Waals surface area contributed by atoms with E-state index in [2.05, 4.69) is 10.2 Å². The monoisotopic (exact) mass is 389 g/mol. The summed E-state index contributed by atoms with van der Waals surface area (Å²) in [6.45, 7) is 5.22. The molecule has 1 saturated heterocycles. The van der Waals surface area contributed by atoms with Crippen molar-refractivity contribution in [1.29, 1.82) is 0 Å². The van der Waals surface area contributed by atoms with Crippen molar-refractivity contribution >= 4 is 23.6 Å².